The van der Waals surface area contributed by atoms with Crippen molar-refractivity contribution in [2.24, 2.45) is 17.8 Å². The SMILES string of the molecule is CCCCC(CCC)C(C#N)CCC(CCC)CCCC(I)CCC. The summed E-state index contributed by atoms with van der Waals surface area (Å²) in [5, 5.41) is 9.72. The minimum atomic E-state index is 0.295. The van der Waals surface area contributed by atoms with Gasteiger partial charge in [-0.25, -0.2) is 0 Å². The Morgan fingerprint density at radius 1 is 0.680 bits per heavy atom. The predicted molar refractivity (Wildman–Crippen MR) is 121 cm³/mol. The van der Waals surface area contributed by atoms with E-state index in [0.29, 0.717) is 11.8 Å². The van der Waals surface area contributed by atoms with E-state index < -0.39 is 0 Å². The van der Waals surface area contributed by atoms with Crippen LogP contribution >= 0.6 is 22.6 Å². The minimum Gasteiger partial charge on any atom is -0.198 e. The van der Waals surface area contributed by atoms with Crippen molar-refractivity contribution in [3.63, 3.8) is 0 Å². The summed E-state index contributed by atoms with van der Waals surface area (Å²) in [6.45, 7) is 9.14. The van der Waals surface area contributed by atoms with E-state index in [1.165, 1.54) is 83.5 Å². The summed E-state index contributed by atoms with van der Waals surface area (Å²) in [4.78, 5) is 0. The molecule has 2 heteroatoms. The zero-order chi connectivity index (χ0) is 18.9. The number of alkyl halides is 1. The lowest BCUT2D eigenvalue weighted by atomic mass is 9.80. The van der Waals surface area contributed by atoms with Crippen LogP contribution in [0.4, 0.5) is 0 Å². The third-order valence-electron chi connectivity index (χ3n) is 5.64. The second-order valence-electron chi connectivity index (χ2n) is 7.98. The van der Waals surface area contributed by atoms with Gasteiger partial charge in [-0.2, -0.15) is 5.26 Å². The lowest BCUT2D eigenvalue weighted by Crippen LogP contribution is -2.15. The van der Waals surface area contributed by atoms with Crippen LogP contribution < -0.4 is 0 Å². The molecule has 0 aliphatic heterocycles. The van der Waals surface area contributed by atoms with Crippen LogP contribution in [-0.4, -0.2) is 3.92 Å². The zero-order valence-corrected chi connectivity index (χ0v) is 19.7. The monoisotopic (exact) mass is 461 g/mol. The van der Waals surface area contributed by atoms with Gasteiger partial charge in [0, 0.05) is 9.84 Å². The van der Waals surface area contributed by atoms with Crippen LogP contribution in [0.3, 0.4) is 0 Å². The van der Waals surface area contributed by atoms with Crippen molar-refractivity contribution in [3.05, 3.63) is 0 Å². The standard InChI is InChI=1S/C23H44IN/c1-5-9-15-21(12-7-3)22(19-25)18-17-20(11-6-2)14-10-16-23(24)13-8-4/h20-23H,5-18H2,1-4H3. The average molecular weight is 462 g/mol. The van der Waals surface area contributed by atoms with Gasteiger partial charge >= 0.3 is 0 Å². The Morgan fingerprint density at radius 2 is 1.36 bits per heavy atom. The molecule has 0 aliphatic carbocycles. The first-order valence-corrected chi connectivity index (χ1v) is 12.4. The van der Waals surface area contributed by atoms with Crippen molar-refractivity contribution in [1.82, 2.24) is 0 Å². The normalized spacial score (nSPS) is 16.2. The fourth-order valence-corrected chi connectivity index (χ4v) is 5.19. The van der Waals surface area contributed by atoms with Crippen LogP contribution in [-0.2, 0) is 0 Å². The Balaban J connectivity index is 4.39. The molecular weight excluding hydrogens is 417 g/mol. The number of halogens is 1. The predicted octanol–water partition coefficient (Wildman–Crippen LogP) is 8.70. The Morgan fingerprint density at radius 3 is 1.92 bits per heavy atom. The highest BCUT2D eigenvalue weighted by Crippen LogP contribution is 2.31. The lowest BCUT2D eigenvalue weighted by molar-refractivity contribution is 0.289. The van der Waals surface area contributed by atoms with Crippen molar-refractivity contribution in [1.29, 1.82) is 5.26 Å². The molecule has 0 rings (SSSR count). The fourth-order valence-electron chi connectivity index (χ4n) is 4.13. The molecule has 25 heavy (non-hydrogen) atoms. The van der Waals surface area contributed by atoms with Crippen molar-refractivity contribution in [3.8, 4) is 6.07 Å². The van der Waals surface area contributed by atoms with Crippen molar-refractivity contribution >= 4 is 22.6 Å². The van der Waals surface area contributed by atoms with E-state index in [-0.39, 0.29) is 0 Å². The van der Waals surface area contributed by atoms with Gasteiger partial charge in [0.2, 0.25) is 0 Å². The van der Waals surface area contributed by atoms with Crippen molar-refractivity contribution in [2.75, 3.05) is 0 Å². The average Bonchev–Trinajstić information content (AvgIpc) is 2.60. The van der Waals surface area contributed by atoms with Gasteiger partial charge in [-0.15, -0.1) is 0 Å². The lowest BCUT2D eigenvalue weighted by Gasteiger charge is -2.24. The highest BCUT2D eigenvalue weighted by molar-refractivity contribution is 14.1. The van der Waals surface area contributed by atoms with Crippen LogP contribution in [0.15, 0.2) is 0 Å². The third-order valence-corrected chi connectivity index (χ3v) is 6.88. The highest BCUT2D eigenvalue weighted by Gasteiger charge is 2.21. The van der Waals surface area contributed by atoms with Crippen LogP contribution in [0.2, 0.25) is 0 Å². The maximum absolute atomic E-state index is 9.72. The maximum Gasteiger partial charge on any atom is 0.0658 e. The number of nitriles is 1. The van der Waals surface area contributed by atoms with E-state index in [0.717, 1.165) is 16.3 Å². The molecule has 0 saturated heterocycles. The topological polar surface area (TPSA) is 23.8 Å². The molecule has 0 spiro atoms. The van der Waals surface area contributed by atoms with Crippen LogP contribution in [0, 0.1) is 29.1 Å². The van der Waals surface area contributed by atoms with Gasteiger partial charge in [0.25, 0.3) is 0 Å². The fraction of sp³-hybridized carbons (Fsp3) is 0.957. The maximum atomic E-state index is 9.72. The van der Waals surface area contributed by atoms with E-state index >= 15 is 0 Å². The van der Waals surface area contributed by atoms with E-state index in [1.807, 2.05) is 0 Å². The molecule has 0 bridgehead atoms. The molecule has 0 aromatic heterocycles. The molecule has 0 heterocycles. The van der Waals surface area contributed by atoms with E-state index in [2.05, 4.69) is 56.4 Å². The number of rotatable bonds is 17. The quantitative estimate of drug-likeness (QED) is 0.157. The summed E-state index contributed by atoms with van der Waals surface area (Å²) >= 11 is 2.64. The van der Waals surface area contributed by atoms with E-state index in [1.54, 1.807) is 0 Å². The number of nitrogens with zero attached hydrogens (tertiary/aromatic N) is 1. The summed E-state index contributed by atoms with van der Waals surface area (Å²) in [7, 11) is 0. The minimum absolute atomic E-state index is 0.295. The second-order valence-corrected chi connectivity index (χ2v) is 9.74. The first kappa shape index (κ1) is 25.2. The molecule has 0 saturated carbocycles. The van der Waals surface area contributed by atoms with Crippen LogP contribution in [0.25, 0.3) is 0 Å². The molecule has 148 valence electrons. The Labute approximate surface area is 172 Å². The molecule has 0 aliphatic rings. The first-order chi connectivity index (χ1) is 12.1. The molecule has 0 fully saturated rings. The van der Waals surface area contributed by atoms with Crippen molar-refractivity contribution in [2.45, 2.75) is 122 Å². The number of hydrogen-bond acceptors (Lipinski definition) is 1. The molecule has 0 N–H and O–H groups in total. The summed E-state index contributed by atoms with van der Waals surface area (Å²) in [6, 6.07) is 2.68. The number of unbranched alkanes of at least 4 members (excludes halogenated alkanes) is 1. The third kappa shape index (κ3) is 13.1. The van der Waals surface area contributed by atoms with Crippen LogP contribution in [0.5, 0.6) is 0 Å². The number of hydrogen-bond donors (Lipinski definition) is 0. The van der Waals surface area contributed by atoms with Crippen LogP contribution in [0.1, 0.15) is 118 Å². The van der Waals surface area contributed by atoms with Gasteiger partial charge < -0.3 is 0 Å². The molecular formula is C23H44IN. The van der Waals surface area contributed by atoms with Gasteiger partial charge in [-0.05, 0) is 50.4 Å². The Kier molecular flexibility index (Phi) is 17.8. The summed E-state index contributed by atoms with van der Waals surface area (Å²) < 4.78 is 0.861. The molecule has 0 aromatic rings. The van der Waals surface area contributed by atoms with Gasteiger partial charge in [-0.1, -0.05) is 102 Å². The Hall–Kier alpha value is 0.220. The smallest absolute Gasteiger partial charge is 0.0658 e. The Bertz CT molecular complexity index is 323. The van der Waals surface area contributed by atoms with Crippen molar-refractivity contribution < 1.29 is 0 Å². The largest absolute Gasteiger partial charge is 0.198 e. The van der Waals surface area contributed by atoms with E-state index in [4.69, 9.17) is 0 Å². The van der Waals surface area contributed by atoms with Gasteiger partial charge in [-0.3, -0.25) is 0 Å². The summed E-state index contributed by atoms with van der Waals surface area (Å²) in [5.41, 5.74) is 0. The molecule has 0 radical (unpaired) electrons. The molecule has 4 unspecified atom stereocenters. The zero-order valence-electron chi connectivity index (χ0n) is 17.5. The highest BCUT2D eigenvalue weighted by atomic mass is 127. The first-order valence-electron chi connectivity index (χ1n) is 11.2. The molecule has 0 amide bonds. The summed E-state index contributed by atoms with van der Waals surface area (Å²) in [5.74, 6) is 1.78. The molecule has 4 atom stereocenters. The second kappa shape index (κ2) is 17.6. The van der Waals surface area contributed by atoms with Gasteiger partial charge in [0.05, 0.1) is 6.07 Å². The molecule has 0 aromatic carbocycles. The van der Waals surface area contributed by atoms with Gasteiger partial charge in [0.1, 0.15) is 0 Å². The van der Waals surface area contributed by atoms with Gasteiger partial charge in [0.15, 0.2) is 0 Å². The van der Waals surface area contributed by atoms with E-state index in [9.17, 15) is 5.26 Å². The molecule has 1 nitrogen and oxygen atoms in total. The summed E-state index contributed by atoms with van der Waals surface area (Å²) in [6.07, 6.45) is 18.1.